The number of nitrogens with one attached hydrogen (secondary N) is 2. The second kappa shape index (κ2) is 7.52. The third-order valence-electron chi connectivity index (χ3n) is 5.38. The summed E-state index contributed by atoms with van der Waals surface area (Å²) in [6.45, 7) is 5.53. The molecule has 1 heterocycles. The molecule has 1 aliphatic carbocycles. The fraction of sp³-hybridized carbons (Fsp3) is 0.333. The molecule has 0 radical (unpaired) electrons. The SMILES string of the molecule is CN(C(=O)OC(C)(C)C)[C@@H]1c2ccccc2C[C@H]1NC(=O)c1cc2ccccc2[nH]1. The summed E-state index contributed by atoms with van der Waals surface area (Å²) in [5.41, 5.74) is 2.99. The first-order chi connectivity index (χ1) is 14.2. The topological polar surface area (TPSA) is 74.4 Å². The minimum absolute atomic E-state index is 0.188. The van der Waals surface area contributed by atoms with Gasteiger partial charge in [-0.05, 0) is 50.5 Å². The Bertz CT molecular complexity index is 1060. The average molecular weight is 405 g/mol. The molecular weight excluding hydrogens is 378 g/mol. The molecule has 2 amide bonds. The van der Waals surface area contributed by atoms with E-state index in [-0.39, 0.29) is 18.0 Å². The molecule has 0 aliphatic heterocycles. The summed E-state index contributed by atoms with van der Waals surface area (Å²) in [6.07, 6.45) is 0.244. The number of para-hydroxylation sites is 1. The van der Waals surface area contributed by atoms with Gasteiger partial charge in [0.2, 0.25) is 0 Å². The molecule has 4 rings (SSSR count). The van der Waals surface area contributed by atoms with Crippen molar-refractivity contribution in [3.63, 3.8) is 0 Å². The van der Waals surface area contributed by atoms with Gasteiger partial charge in [-0.25, -0.2) is 4.79 Å². The molecule has 6 nitrogen and oxygen atoms in total. The Morgan fingerprint density at radius 3 is 2.53 bits per heavy atom. The summed E-state index contributed by atoms with van der Waals surface area (Å²) < 4.78 is 5.57. The van der Waals surface area contributed by atoms with Crippen molar-refractivity contribution in [2.75, 3.05) is 7.05 Å². The first-order valence-corrected chi connectivity index (χ1v) is 10.2. The Morgan fingerprint density at radius 2 is 1.80 bits per heavy atom. The molecule has 2 N–H and O–H groups in total. The van der Waals surface area contributed by atoms with Crippen LogP contribution in [0.15, 0.2) is 54.6 Å². The maximum Gasteiger partial charge on any atom is 0.410 e. The molecule has 2 aromatic carbocycles. The molecule has 0 saturated carbocycles. The Morgan fingerprint density at radius 1 is 1.10 bits per heavy atom. The first kappa shape index (κ1) is 20.0. The van der Waals surface area contributed by atoms with Crippen LogP contribution in [0.2, 0.25) is 0 Å². The Kier molecular flexibility index (Phi) is 5.02. The van der Waals surface area contributed by atoms with E-state index in [0.29, 0.717) is 12.1 Å². The molecule has 30 heavy (non-hydrogen) atoms. The quantitative estimate of drug-likeness (QED) is 0.677. The minimum Gasteiger partial charge on any atom is -0.444 e. The monoisotopic (exact) mass is 405 g/mol. The molecule has 0 fully saturated rings. The number of carbonyl (C=O) groups excluding carboxylic acids is 2. The summed E-state index contributed by atoms with van der Waals surface area (Å²) in [5.74, 6) is -0.188. The fourth-order valence-electron chi connectivity index (χ4n) is 4.07. The number of aromatic nitrogens is 1. The lowest BCUT2D eigenvalue weighted by atomic mass is 10.1. The van der Waals surface area contributed by atoms with Gasteiger partial charge in [-0.15, -0.1) is 0 Å². The van der Waals surface area contributed by atoms with E-state index in [4.69, 9.17) is 4.74 Å². The van der Waals surface area contributed by atoms with E-state index in [2.05, 4.69) is 10.3 Å². The van der Waals surface area contributed by atoms with Gasteiger partial charge in [-0.1, -0.05) is 42.5 Å². The lowest BCUT2D eigenvalue weighted by molar-refractivity contribution is 0.0192. The molecule has 2 atom stereocenters. The molecule has 0 saturated heterocycles. The normalized spacial score (nSPS) is 18.1. The van der Waals surface area contributed by atoms with Crippen molar-refractivity contribution in [2.24, 2.45) is 0 Å². The summed E-state index contributed by atoms with van der Waals surface area (Å²) in [5, 5.41) is 4.12. The van der Waals surface area contributed by atoms with Crippen molar-refractivity contribution >= 4 is 22.9 Å². The van der Waals surface area contributed by atoms with Gasteiger partial charge >= 0.3 is 6.09 Å². The fourth-order valence-corrected chi connectivity index (χ4v) is 4.07. The zero-order valence-electron chi connectivity index (χ0n) is 17.7. The van der Waals surface area contributed by atoms with Gasteiger partial charge in [-0.2, -0.15) is 0 Å². The average Bonchev–Trinajstić information content (AvgIpc) is 3.27. The van der Waals surface area contributed by atoms with Gasteiger partial charge < -0.3 is 19.9 Å². The van der Waals surface area contributed by atoms with Crippen LogP contribution >= 0.6 is 0 Å². The van der Waals surface area contributed by atoms with Crippen molar-refractivity contribution < 1.29 is 14.3 Å². The van der Waals surface area contributed by atoms with Crippen LogP contribution in [0.4, 0.5) is 4.79 Å². The minimum atomic E-state index is -0.591. The molecule has 0 unspecified atom stereocenters. The maximum absolute atomic E-state index is 13.0. The second-order valence-corrected chi connectivity index (χ2v) is 8.79. The summed E-state index contributed by atoms with van der Waals surface area (Å²) in [6, 6.07) is 17.1. The molecule has 1 aliphatic rings. The number of hydrogen-bond acceptors (Lipinski definition) is 3. The van der Waals surface area contributed by atoms with Crippen molar-refractivity contribution in [1.82, 2.24) is 15.2 Å². The van der Waals surface area contributed by atoms with E-state index in [1.54, 1.807) is 11.9 Å². The van der Waals surface area contributed by atoms with Crippen molar-refractivity contribution in [2.45, 2.75) is 44.9 Å². The highest BCUT2D eigenvalue weighted by atomic mass is 16.6. The number of benzene rings is 2. The Hall–Kier alpha value is -3.28. The lowest BCUT2D eigenvalue weighted by Crippen LogP contribution is -2.46. The number of ether oxygens (including phenoxy) is 1. The number of H-pyrrole nitrogens is 1. The van der Waals surface area contributed by atoms with Crippen LogP contribution in [-0.4, -0.2) is 40.6 Å². The van der Waals surface area contributed by atoms with Gasteiger partial charge in [-0.3, -0.25) is 4.79 Å². The number of fused-ring (bicyclic) bond motifs is 2. The molecule has 1 aromatic heterocycles. The standard InChI is InChI=1S/C24H27N3O3/c1-24(2,3)30-23(29)27(4)21-17-11-7-5-9-15(17)13-19(21)26-22(28)20-14-16-10-6-8-12-18(16)25-20/h5-12,14,19,21,25H,13H2,1-4H3,(H,26,28)/t19-,21-/m1/s1. The van der Waals surface area contributed by atoms with E-state index in [1.807, 2.05) is 75.4 Å². The summed E-state index contributed by atoms with van der Waals surface area (Å²) >= 11 is 0. The van der Waals surface area contributed by atoms with Gasteiger partial charge in [0.15, 0.2) is 0 Å². The second-order valence-electron chi connectivity index (χ2n) is 8.79. The third kappa shape index (κ3) is 3.90. The molecular formula is C24H27N3O3. The number of nitrogens with zero attached hydrogens (tertiary/aromatic N) is 1. The molecule has 0 spiro atoms. The van der Waals surface area contributed by atoms with E-state index in [0.717, 1.165) is 22.0 Å². The van der Waals surface area contributed by atoms with Gasteiger partial charge in [0.1, 0.15) is 11.3 Å². The van der Waals surface area contributed by atoms with E-state index < -0.39 is 11.7 Å². The molecule has 3 aromatic rings. The smallest absolute Gasteiger partial charge is 0.410 e. The Labute approximate surface area is 176 Å². The van der Waals surface area contributed by atoms with Crippen LogP contribution in [0, 0.1) is 0 Å². The van der Waals surface area contributed by atoms with Gasteiger partial charge in [0, 0.05) is 18.0 Å². The summed E-state index contributed by atoms with van der Waals surface area (Å²) in [4.78, 5) is 30.5. The van der Waals surface area contributed by atoms with Crippen molar-refractivity contribution in [3.05, 3.63) is 71.4 Å². The number of hydrogen-bond donors (Lipinski definition) is 2. The van der Waals surface area contributed by atoms with Gasteiger partial charge in [0.25, 0.3) is 5.91 Å². The molecule has 6 heteroatoms. The van der Waals surface area contributed by atoms with Crippen LogP contribution in [0.5, 0.6) is 0 Å². The van der Waals surface area contributed by atoms with Crippen LogP contribution in [0.1, 0.15) is 48.4 Å². The zero-order valence-corrected chi connectivity index (χ0v) is 17.7. The Balaban J connectivity index is 1.59. The number of carbonyl (C=O) groups is 2. The van der Waals surface area contributed by atoms with E-state index >= 15 is 0 Å². The number of rotatable bonds is 3. The van der Waals surface area contributed by atoms with Crippen LogP contribution in [0.25, 0.3) is 10.9 Å². The number of aromatic amines is 1. The summed E-state index contributed by atoms with van der Waals surface area (Å²) in [7, 11) is 1.73. The highest BCUT2D eigenvalue weighted by molar-refractivity contribution is 5.98. The van der Waals surface area contributed by atoms with Crippen LogP contribution in [0.3, 0.4) is 0 Å². The lowest BCUT2D eigenvalue weighted by Gasteiger charge is -2.32. The predicted molar refractivity (Wildman–Crippen MR) is 116 cm³/mol. The molecule has 156 valence electrons. The van der Waals surface area contributed by atoms with Crippen LogP contribution < -0.4 is 5.32 Å². The first-order valence-electron chi connectivity index (χ1n) is 10.2. The zero-order chi connectivity index (χ0) is 21.5. The van der Waals surface area contributed by atoms with E-state index in [9.17, 15) is 9.59 Å². The van der Waals surface area contributed by atoms with Crippen LogP contribution in [-0.2, 0) is 11.2 Å². The predicted octanol–water partition coefficient (Wildman–Crippen LogP) is 4.43. The van der Waals surface area contributed by atoms with Crippen molar-refractivity contribution in [1.29, 1.82) is 0 Å². The van der Waals surface area contributed by atoms with Gasteiger partial charge in [0.05, 0.1) is 12.1 Å². The molecule has 0 bridgehead atoms. The highest BCUT2D eigenvalue weighted by Gasteiger charge is 2.39. The third-order valence-corrected chi connectivity index (χ3v) is 5.38. The highest BCUT2D eigenvalue weighted by Crippen LogP contribution is 2.36. The number of likely N-dealkylation sites (N-methyl/N-ethyl adjacent to an activating group) is 1. The number of amides is 2. The largest absolute Gasteiger partial charge is 0.444 e. The maximum atomic E-state index is 13.0. The van der Waals surface area contributed by atoms with Crippen molar-refractivity contribution in [3.8, 4) is 0 Å². The van der Waals surface area contributed by atoms with E-state index in [1.165, 1.54) is 0 Å².